The molecular formula is C32H38FN4NaO2. The van der Waals surface area contributed by atoms with Gasteiger partial charge in [-0.25, -0.2) is 9.37 Å². The number of aromatic nitrogens is 2. The molecule has 0 spiro atoms. The van der Waals surface area contributed by atoms with Gasteiger partial charge < -0.3 is 20.9 Å². The van der Waals surface area contributed by atoms with E-state index in [2.05, 4.69) is 50.8 Å². The molecule has 0 amide bonds. The second-order valence-electron chi connectivity index (χ2n) is 10.5. The molecule has 4 aromatic rings. The van der Waals surface area contributed by atoms with Crippen molar-refractivity contribution in [3.63, 3.8) is 0 Å². The van der Waals surface area contributed by atoms with E-state index in [1.807, 2.05) is 24.3 Å². The third kappa shape index (κ3) is 8.16. The van der Waals surface area contributed by atoms with Crippen molar-refractivity contribution in [3.05, 3.63) is 95.3 Å². The van der Waals surface area contributed by atoms with Gasteiger partial charge in [-0.1, -0.05) is 48.5 Å². The van der Waals surface area contributed by atoms with Crippen LogP contribution in [0.5, 0.6) is 0 Å². The van der Waals surface area contributed by atoms with Crippen LogP contribution in [0.3, 0.4) is 0 Å². The second kappa shape index (κ2) is 14.8. The predicted molar refractivity (Wildman–Crippen MR) is 155 cm³/mol. The smallest absolute Gasteiger partial charge is 1.00 e. The van der Waals surface area contributed by atoms with Gasteiger partial charge in [-0.15, -0.1) is 0 Å². The van der Waals surface area contributed by atoms with Gasteiger partial charge in [0.05, 0.1) is 17.6 Å². The minimum Gasteiger partial charge on any atom is -1.00 e. The summed E-state index contributed by atoms with van der Waals surface area (Å²) in [4.78, 5) is 20.7. The van der Waals surface area contributed by atoms with Crippen molar-refractivity contribution >= 4 is 23.0 Å². The van der Waals surface area contributed by atoms with Crippen molar-refractivity contribution in [1.82, 2.24) is 14.5 Å². The van der Waals surface area contributed by atoms with E-state index in [-0.39, 0.29) is 43.2 Å². The van der Waals surface area contributed by atoms with E-state index in [4.69, 9.17) is 10.1 Å². The van der Waals surface area contributed by atoms with Gasteiger partial charge in [0, 0.05) is 26.1 Å². The Morgan fingerprint density at radius 1 is 0.850 bits per heavy atom. The van der Waals surface area contributed by atoms with Crippen molar-refractivity contribution in [2.75, 3.05) is 37.6 Å². The van der Waals surface area contributed by atoms with Crippen LogP contribution in [0.1, 0.15) is 43.8 Å². The number of carbonyl (C=O) groups is 1. The monoisotopic (exact) mass is 552 g/mol. The van der Waals surface area contributed by atoms with Gasteiger partial charge in [-0.05, 0) is 86.1 Å². The number of carboxylic acid groups (broad SMARTS) is 1. The molecule has 1 N–H and O–H groups in total. The van der Waals surface area contributed by atoms with E-state index in [0.29, 0.717) is 13.0 Å². The molecule has 1 aliphatic rings. The number of fused-ring (bicyclic) bond motifs is 1. The van der Waals surface area contributed by atoms with Crippen molar-refractivity contribution in [2.45, 2.75) is 45.1 Å². The maximum absolute atomic E-state index is 13.5. The van der Waals surface area contributed by atoms with Crippen molar-refractivity contribution in [3.8, 4) is 0 Å². The SMILES string of the molecule is O=C(O)CCCc1ccc(CCN2CCCN(c3nc4ccccc4n3Cc3ccc(F)cc3)CCC2)cc1.[H-].[Na+]. The first-order valence-electron chi connectivity index (χ1n) is 14.0. The summed E-state index contributed by atoms with van der Waals surface area (Å²) in [6.45, 7) is 5.73. The predicted octanol–water partition coefficient (Wildman–Crippen LogP) is 2.89. The van der Waals surface area contributed by atoms with Crippen molar-refractivity contribution < 1.29 is 45.3 Å². The first kappa shape index (κ1) is 30.3. The van der Waals surface area contributed by atoms with Gasteiger partial charge in [-0.3, -0.25) is 4.79 Å². The average Bonchev–Trinajstić information content (AvgIpc) is 3.28. The molecular weight excluding hydrogens is 514 g/mol. The number of halogens is 1. The Balaban J connectivity index is 0.00000231. The summed E-state index contributed by atoms with van der Waals surface area (Å²) in [5, 5.41) is 8.82. The van der Waals surface area contributed by atoms with Gasteiger partial charge in [0.15, 0.2) is 0 Å². The number of aliphatic carboxylic acids is 1. The Morgan fingerprint density at radius 3 is 2.15 bits per heavy atom. The number of rotatable bonds is 10. The number of hydrogen-bond donors (Lipinski definition) is 1. The number of para-hydroxylation sites is 2. The third-order valence-corrected chi connectivity index (χ3v) is 7.57. The topological polar surface area (TPSA) is 61.6 Å². The van der Waals surface area contributed by atoms with Crippen LogP contribution in [0.25, 0.3) is 11.0 Å². The van der Waals surface area contributed by atoms with E-state index in [0.717, 1.165) is 81.0 Å². The van der Waals surface area contributed by atoms with Gasteiger partial charge in [-0.2, -0.15) is 0 Å². The van der Waals surface area contributed by atoms with E-state index >= 15 is 0 Å². The quantitative estimate of drug-likeness (QED) is 0.307. The average molecular weight is 553 g/mol. The minimum absolute atomic E-state index is 0. The maximum atomic E-state index is 13.5. The van der Waals surface area contributed by atoms with E-state index in [1.165, 1.54) is 23.3 Å². The molecule has 3 aromatic carbocycles. The number of hydrogen-bond acceptors (Lipinski definition) is 4. The van der Waals surface area contributed by atoms with Crippen molar-refractivity contribution in [2.24, 2.45) is 0 Å². The molecule has 1 aromatic heterocycles. The molecule has 0 unspecified atom stereocenters. The van der Waals surface area contributed by atoms with Crippen LogP contribution in [0, 0.1) is 5.82 Å². The number of benzene rings is 3. The van der Waals surface area contributed by atoms with Gasteiger partial charge >= 0.3 is 35.5 Å². The van der Waals surface area contributed by atoms with Crippen LogP contribution >= 0.6 is 0 Å². The van der Waals surface area contributed by atoms with Crippen LogP contribution in [0.4, 0.5) is 10.3 Å². The molecule has 206 valence electrons. The molecule has 0 aliphatic carbocycles. The zero-order valence-electron chi connectivity index (χ0n) is 24.4. The summed E-state index contributed by atoms with van der Waals surface area (Å²) in [7, 11) is 0. The summed E-state index contributed by atoms with van der Waals surface area (Å²) in [5.41, 5.74) is 5.69. The fourth-order valence-corrected chi connectivity index (χ4v) is 5.45. The van der Waals surface area contributed by atoms with Gasteiger partial charge in [0.2, 0.25) is 5.95 Å². The Bertz CT molecular complexity index is 1370. The number of anilines is 1. The van der Waals surface area contributed by atoms with Crippen LogP contribution < -0.4 is 34.5 Å². The van der Waals surface area contributed by atoms with Crippen LogP contribution in [-0.4, -0.2) is 58.3 Å². The molecule has 40 heavy (non-hydrogen) atoms. The van der Waals surface area contributed by atoms with Crippen LogP contribution in [0.15, 0.2) is 72.8 Å². The first-order valence-corrected chi connectivity index (χ1v) is 14.0. The summed E-state index contributed by atoms with van der Waals surface area (Å²) in [6.07, 6.45) is 4.88. The molecule has 1 fully saturated rings. The first-order chi connectivity index (χ1) is 19.0. The standard InChI is InChI=1S/C32H37FN4O2.Na.H/c33-28-16-14-27(15-17-28)24-37-30-8-2-1-7-29(30)34-32(37)36-21-4-19-35(20-5-22-36)23-18-26-12-10-25(11-13-26)6-3-9-31(38)39;;/h1-2,7-8,10-17H,3-6,9,18-24H2,(H,38,39);;/q;+1;-1. The fraction of sp³-hybridized carbons (Fsp3) is 0.375. The number of aryl methyl sites for hydroxylation is 1. The normalized spacial score (nSPS) is 14.5. The molecule has 2 heterocycles. The van der Waals surface area contributed by atoms with E-state index in [9.17, 15) is 9.18 Å². The second-order valence-corrected chi connectivity index (χ2v) is 10.5. The Hall–Kier alpha value is -2.71. The zero-order chi connectivity index (χ0) is 27.0. The van der Waals surface area contributed by atoms with Crippen molar-refractivity contribution in [1.29, 1.82) is 0 Å². The van der Waals surface area contributed by atoms with Gasteiger partial charge in [0.25, 0.3) is 0 Å². The number of nitrogens with zero attached hydrogens (tertiary/aromatic N) is 4. The number of carboxylic acids is 1. The minimum atomic E-state index is -0.730. The summed E-state index contributed by atoms with van der Waals surface area (Å²) in [5.74, 6) is 0.0526. The van der Waals surface area contributed by atoms with E-state index in [1.54, 1.807) is 0 Å². The number of imidazole rings is 1. The Morgan fingerprint density at radius 2 is 1.48 bits per heavy atom. The maximum Gasteiger partial charge on any atom is 1.00 e. The molecule has 8 heteroatoms. The van der Waals surface area contributed by atoms with Gasteiger partial charge in [0.1, 0.15) is 5.82 Å². The fourth-order valence-electron chi connectivity index (χ4n) is 5.45. The molecule has 5 rings (SSSR count). The molecule has 1 saturated heterocycles. The Kier molecular flexibility index (Phi) is 11.2. The largest absolute Gasteiger partial charge is 1.00 e. The molecule has 1 aliphatic heterocycles. The van der Waals surface area contributed by atoms with Crippen LogP contribution in [0.2, 0.25) is 0 Å². The van der Waals surface area contributed by atoms with E-state index < -0.39 is 5.97 Å². The zero-order valence-corrected chi connectivity index (χ0v) is 25.4. The summed E-state index contributed by atoms with van der Waals surface area (Å²) < 4.78 is 15.8. The molecule has 0 radical (unpaired) electrons. The molecule has 0 atom stereocenters. The molecule has 0 saturated carbocycles. The Labute approximate surface area is 259 Å². The molecule has 6 nitrogen and oxygen atoms in total. The summed E-state index contributed by atoms with van der Waals surface area (Å²) >= 11 is 0. The third-order valence-electron chi connectivity index (χ3n) is 7.57. The molecule has 0 bridgehead atoms. The van der Waals surface area contributed by atoms with Crippen LogP contribution in [-0.2, 0) is 24.2 Å². The summed E-state index contributed by atoms with van der Waals surface area (Å²) in [6, 6.07) is 23.7.